The molecule has 1 saturated heterocycles. The van der Waals surface area contributed by atoms with Crippen LogP contribution in [0.5, 0.6) is 0 Å². The lowest BCUT2D eigenvalue weighted by Crippen LogP contribution is -2.32. The van der Waals surface area contributed by atoms with Gasteiger partial charge in [-0.25, -0.2) is 4.98 Å². The summed E-state index contributed by atoms with van der Waals surface area (Å²) in [6, 6.07) is 8.16. The molecule has 0 unspecified atom stereocenters. The molecule has 0 atom stereocenters. The molecule has 1 fully saturated rings. The summed E-state index contributed by atoms with van der Waals surface area (Å²) in [6.07, 6.45) is 6.12. The molecule has 0 saturated carbocycles. The normalized spacial score (nSPS) is 15.5. The fourth-order valence-corrected chi connectivity index (χ4v) is 3.57. The fourth-order valence-electron chi connectivity index (χ4n) is 2.84. The van der Waals surface area contributed by atoms with E-state index in [1.165, 1.54) is 30.3 Å². The first kappa shape index (κ1) is 16.9. The van der Waals surface area contributed by atoms with Gasteiger partial charge in [0.15, 0.2) is 5.16 Å². The fraction of sp³-hybridized carbons (Fsp3) is 0.444. The number of hydrogen-bond donors (Lipinski definition) is 1. The lowest BCUT2D eigenvalue weighted by Gasteiger charge is -2.32. The van der Waals surface area contributed by atoms with Crippen molar-refractivity contribution in [3.63, 3.8) is 0 Å². The Bertz CT molecular complexity index is 675. The molecule has 0 spiro atoms. The molecule has 2 heterocycles. The second-order valence-corrected chi connectivity index (χ2v) is 7.32. The molecule has 24 heavy (non-hydrogen) atoms. The average Bonchev–Trinajstić information content (AvgIpc) is 3.00. The highest BCUT2D eigenvalue weighted by Gasteiger charge is 2.16. The van der Waals surface area contributed by atoms with E-state index in [0.29, 0.717) is 5.75 Å². The van der Waals surface area contributed by atoms with E-state index in [2.05, 4.69) is 34.3 Å². The molecule has 128 valence electrons. The second kappa shape index (κ2) is 7.75. The summed E-state index contributed by atoms with van der Waals surface area (Å²) in [7, 11) is 1.92. The summed E-state index contributed by atoms with van der Waals surface area (Å²) in [6.45, 7) is 4.55. The minimum absolute atomic E-state index is 0.0115. The molecule has 1 amide bonds. The van der Waals surface area contributed by atoms with Crippen molar-refractivity contribution in [1.29, 1.82) is 0 Å². The monoisotopic (exact) mass is 344 g/mol. The molecule has 6 heteroatoms. The molecule has 0 radical (unpaired) electrons. The molecular weight excluding hydrogens is 320 g/mol. The Hall–Kier alpha value is -1.95. The van der Waals surface area contributed by atoms with Gasteiger partial charge in [0.1, 0.15) is 0 Å². The van der Waals surface area contributed by atoms with Crippen molar-refractivity contribution in [2.24, 2.45) is 13.0 Å². The molecule has 3 rings (SSSR count). The summed E-state index contributed by atoms with van der Waals surface area (Å²) < 4.78 is 1.91. The predicted molar refractivity (Wildman–Crippen MR) is 99.6 cm³/mol. The number of hydrogen-bond acceptors (Lipinski definition) is 4. The van der Waals surface area contributed by atoms with Crippen LogP contribution in [0, 0.1) is 5.92 Å². The molecular formula is C18H24N4OS. The maximum atomic E-state index is 12.1. The van der Waals surface area contributed by atoms with Crippen LogP contribution in [-0.2, 0) is 11.8 Å². The Morgan fingerprint density at radius 3 is 2.62 bits per heavy atom. The van der Waals surface area contributed by atoms with Crippen LogP contribution < -0.4 is 10.2 Å². The summed E-state index contributed by atoms with van der Waals surface area (Å²) in [5.74, 6) is 1.18. The lowest BCUT2D eigenvalue weighted by atomic mass is 9.99. The number of benzene rings is 1. The minimum atomic E-state index is -0.0115. The Labute approximate surface area is 147 Å². The Balaban J connectivity index is 1.50. The Morgan fingerprint density at radius 1 is 1.29 bits per heavy atom. The number of anilines is 2. The van der Waals surface area contributed by atoms with Crippen LogP contribution in [0.2, 0.25) is 0 Å². The maximum Gasteiger partial charge on any atom is 0.234 e. The predicted octanol–water partition coefficient (Wildman–Crippen LogP) is 3.39. The largest absolute Gasteiger partial charge is 0.372 e. The van der Waals surface area contributed by atoms with Crippen LogP contribution in [0.4, 0.5) is 11.4 Å². The van der Waals surface area contributed by atoms with Crippen molar-refractivity contribution in [2.75, 3.05) is 29.1 Å². The molecule has 1 aliphatic rings. The first-order valence-corrected chi connectivity index (χ1v) is 9.35. The molecule has 5 nitrogen and oxygen atoms in total. The first-order chi connectivity index (χ1) is 11.6. The standard InChI is InChI=1S/C18H24N4OS/c1-14-7-10-22(11-8-14)16-5-3-15(4-6-16)20-17(23)13-24-18-19-9-12-21(18)2/h3-6,9,12,14H,7-8,10-11,13H2,1-2H3,(H,20,23). The molecule has 1 N–H and O–H groups in total. The van der Waals surface area contributed by atoms with E-state index in [0.717, 1.165) is 29.9 Å². The summed E-state index contributed by atoms with van der Waals surface area (Å²) in [4.78, 5) is 18.7. The molecule has 0 aliphatic carbocycles. The quantitative estimate of drug-likeness (QED) is 0.845. The van der Waals surface area contributed by atoms with Crippen LogP contribution >= 0.6 is 11.8 Å². The molecule has 1 aliphatic heterocycles. The number of carbonyl (C=O) groups is 1. The van der Waals surface area contributed by atoms with Crippen molar-refractivity contribution >= 4 is 29.0 Å². The van der Waals surface area contributed by atoms with Crippen molar-refractivity contribution in [1.82, 2.24) is 9.55 Å². The summed E-state index contributed by atoms with van der Waals surface area (Å²) >= 11 is 1.44. The number of rotatable bonds is 5. The van der Waals surface area contributed by atoms with Gasteiger partial charge in [0.2, 0.25) is 5.91 Å². The zero-order valence-electron chi connectivity index (χ0n) is 14.2. The zero-order valence-corrected chi connectivity index (χ0v) is 15.1. The molecule has 2 aromatic rings. The number of nitrogens with zero attached hydrogens (tertiary/aromatic N) is 3. The molecule has 0 bridgehead atoms. The number of aryl methyl sites for hydroxylation is 1. The van der Waals surface area contributed by atoms with Crippen LogP contribution in [-0.4, -0.2) is 34.3 Å². The van der Waals surface area contributed by atoms with Gasteiger partial charge in [-0.3, -0.25) is 4.79 Å². The van der Waals surface area contributed by atoms with Crippen LogP contribution in [0.15, 0.2) is 41.8 Å². The molecule has 1 aromatic carbocycles. The number of piperidine rings is 1. The van der Waals surface area contributed by atoms with Gasteiger partial charge in [0.25, 0.3) is 0 Å². The SMILES string of the molecule is CC1CCN(c2ccc(NC(=O)CSc3nccn3C)cc2)CC1. The number of carbonyl (C=O) groups excluding carboxylic acids is 1. The van der Waals surface area contributed by atoms with E-state index in [4.69, 9.17) is 0 Å². The van der Waals surface area contributed by atoms with Gasteiger partial charge >= 0.3 is 0 Å². The number of aromatic nitrogens is 2. The van der Waals surface area contributed by atoms with Crippen molar-refractivity contribution in [3.8, 4) is 0 Å². The number of nitrogens with one attached hydrogen (secondary N) is 1. The molecule has 1 aromatic heterocycles. The third-order valence-electron chi connectivity index (χ3n) is 4.41. The third-order valence-corrected chi connectivity index (χ3v) is 5.47. The third kappa shape index (κ3) is 4.32. The number of thioether (sulfide) groups is 1. The number of amides is 1. The minimum Gasteiger partial charge on any atom is -0.372 e. The van der Waals surface area contributed by atoms with E-state index < -0.39 is 0 Å². The van der Waals surface area contributed by atoms with Crippen LogP contribution in [0.1, 0.15) is 19.8 Å². The van der Waals surface area contributed by atoms with E-state index in [1.54, 1.807) is 6.20 Å². The van der Waals surface area contributed by atoms with Gasteiger partial charge < -0.3 is 14.8 Å². The highest BCUT2D eigenvalue weighted by molar-refractivity contribution is 7.99. The van der Waals surface area contributed by atoms with Gasteiger partial charge in [-0.05, 0) is 43.0 Å². The van der Waals surface area contributed by atoms with Crippen molar-refractivity contribution in [3.05, 3.63) is 36.7 Å². The van der Waals surface area contributed by atoms with E-state index in [9.17, 15) is 4.79 Å². The number of imidazole rings is 1. The topological polar surface area (TPSA) is 50.2 Å². The van der Waals surface area contributed by atoms with E-state index >= 15 is 0 Å². The van der Waals surface area contributed by atoms with E-state index in [-0.39, 0.29) is 5.91 Å². The highest BCUT2D eigenvalue weighted by atomic mass is 32.2. The van der Waals surface area contributed by atoms with Crippen LogP contribution in [0.3, 0.4) is 0 Å². The second-order valence-electron chi connectivity index (χ2n) is 6.37. The van der Waals surface area contributed by atoms with Gasteiger partial charge in [-0.15, -0.1) is 0 Å². The van der Waals surface area contributed by atoms with Crippen LogP contribution in [0.25, 0.3) is 0 Å². The van der Waals surface area contributed by atoms with Crippen molar-refractivity contribution < 1.29 is 4.79 Å². The maximum absolute atomic E-state index is 12.1. The van der Waals surface area contributed by atoms with Gasteiger partial charge in [-0.1, -0.05) is 18.7 Å². The smallest absolute Gasteiger partial charge is 0.234 e. The van der Waals surface area contributed by atoms with Gasteiger partial charge in [0.05, 0.1) is 5.75 Å². The van der Waals surface area contributed by atoms with Gasteiger partial charge in [0, 0.05) is 43.9 Å². The lowest BCUT2D eigenvalue weighted by molar-refractivity contribution is -0.113. The summed E-state index contributed by atoms with van der Waals surface area (Å²) in [5.41, 5.74) is 2.08. The van der Waals surface area contributed by atoms with E-state index in [1.807, 2.05) is 29.9 Å². The summed E-state index contributed by atoms with van der Waals surface area (Å²) in [5, 5.41) is 3.79. The first-order valence-electron chi connectivity index (χ1n) is 8.37. The van der Waals surface area contributed by atoms with Crippen molar-refractivity contribution in [2.45, 2.75) is 24.9 Å². The average molecular weight is 344 g/mol. The highest BCUT2D eigenvalue weighted by Crippen LogP contribution is 2.24. The Morgan fingerprint density at radius 2 is 2.00 bits per heavy atom. The Kier molecular flexibility index (Phi) is 5.45. The van der Waals surface area contributed by atoms with Gasteiger partial charge in [-0.2, -0.15) is 0 Å². The zero-order chi connectivity index (χ0) is 16.9.